The Bertz CT molecular complexity index is 1100. The minimum absolute atomic E-state index is 0. The van der Waals surface area contributed by atoms with Crippen LogP contribution in [-0.2, 0) is 6.42 Å². The van der Waals surface area contributed by atoms with E-state index in [0.717, 1.165) is 29.0 Å². The average Bonchev–Trinajstić information content (AvgIpc) is 2.82. The Hall–Kier alpha value is -3.06. The van der Waals surface area contributed by atoms with Gasteiger partial charge in [0, 0.05) is 16.8 Å². The monoisotopic (exact) mass is 482 g/mol. The van der Waals surface area contributed by atoms with E-state index in [4.69, 9.17) is 9.47 Å². The molecule has 3 aromatic rings. The molecule has 0 fully saturated rings. The predicted molar refractivity (Wildman–Crippen MR) is 136 cm³/mol. The van der Waals surface area contributed by atoms with Gasteiger partial charge >= 0.3 is 0 Å². The molecular weight excluding hydrogens is 452 g/mol. The molecule has 0 aliphatic carbocycles. The smallest absolute Gasteiger partial charge is 0.255 e. The van der Waals surface area contributed by atoms with Crippen LogP contribution in [0.2, 0.25) is 0 Å². The van der Waals surface area contributed by atoms with Crippen LogP contribution in [0.3, 0.4) is 0 Å². The molecule has 1 heterocycles. The number of nitrogens with one attached hydrogen (secondary N) is 2. The molecule has 0 saturated heterocycles. The number of hydrogen-bond donors (Lipinski definition) is 3. The number of halogens is 1. The number of para-hydroxylation sites is 1. The van der Waals surface area contributed by atoms with Crippen LogP contribution in [0.5, 0.6) is 11.5 Å². The number of aliphatic hydroxyl groups excluding tert-OH is 1. The summed E-state index contributed by atoms with van der Waals surface area (Å²) in [6, 6.07) is 22.4. The van der Waals surface area contributed by atoms with E-state index in [2.05, 4.69) is 10.6 Å². The lowest BCUT2D eigenvalue weighted by Crippen LogP contribution is -2.52. The van der Waals surface area contributed by atoms with E-state index >= 15 is 0 Å². The van der Waals surface area contributed by atoms with Crippen molar-refractivity contribution in [2.75, 3.05) is 19.0 Å². The van der Waals surface area contributed by atoms with Gasteiger partial charge in [0.05, 0.1) is 13.2 Å². The molecule has 3 N–H and O–H groups in total. The molecule has 3 aromatic carbocycles. The molecule has 0 spiro atoms. The lowest BCUT2D eigenvalue weighted by atomic mass is 9.86. The highest BCUT2D eigenvalue weighted by atomic mass is 35.5. The maximum Gasteiger partial charge on any atom is 0.255 e. The summed E-state index contributed by atoms with van der Waals surface area (Å²) in [4.78, 5) is 12.4. The first-order valence-corrected chi connectivity index (χ1v) is 11.1. The summed E-state index contributed by atoms with van der Waals surface area (Å²) in [6.45, 7) is 4.51. The predicted octanol–water partition coefficient (Wildman–Crippen LogP) is 4.77. The van der Waals surface area contributed by atoms with Crippen molar-refractivity contribution in [1.29, 1.82) is 0 Å². The van der Waals surface area contributed by atoms with Crippen molar-refractivity contribution in [3.8, 4) is 11.5 Å². The van der Waals surface area contributed by atoms with Crippen molar-refractivity contribution < 1.29 is 19.4 Å². The molecule has 180 valence electrons. The first-order chi connectivity index (χ1) is 15.9. The number of aliphatic hydroxyl groups is 1. The fourth-order valence-electron chi connectivity index (χ4n) is 4.04. The lowest BCUT2D eigenvalue weighted by molar-refractivity contribution is -0.0643. The summed E-state index contributed by atoms with van der Waals surface area (Å²) >= 11 is 0. The first-order valence-electron chi connectivity index (χ1n) is 11.1. The van der Waals surface area contributed by atoms with Gasteiger partial charge in [0.1, 0.15) is 23.2 Å². The van der Waals surface area contributed by atoms with Gasteiger partial charge in [-0.2, -0.15) is 0 Å². The molecular formula is C27H31ClN2O4. The number of ether oxygens (including phenoxy) is 2. The van der Waals surface area contributed by atoms with E-state index in [-0.39, 0.29) is 24.4 Å². The molecule has 7 heteroatoms. The van der Waals surface area contributed by atoms with Gasteiger partial charge in [-0.05, 0) is 74.8 Å². The highest BCUT2D eigenvalue weighted by molar-refractivity contribution is 6.04. The van der Waals surface area contributed by atoms with Gasteiger partial charge in [0.15, 0.2) is 0 Å². The standard InChI is InChI=1S/C27H30N2O4.ClH/c1-27(2)25(30)24(22-6-4-5-7-23(22)33-27)28-17-16-18-8-12-20(13-9-18)29-26(31)19-10-14-21(32-3)15-11-19;/h4-15,24-25,28,30H,16-17H2,1-3H3,(H,29,31);1H. The first kappa shape index (κ1) is 25.6. The molecule has 2 unspecified atom stereocenters. The van der Waals surface area contributed by atoms with Gasteiger partial charge in [-0.25, -0.2) is 0 Å². The Kier molecular flexibility index (Phi) is 8.20. The summed E-state index contributed by atoms with van der Waals surface area (Å²) in [7, 11) is 1.59. The fraction of sp³-hybridized carbons (Fsp3) is 0.296. The van der Waals surface area contributed by atoms with Gasteiger partial charge in [0.25, 0.3) is 5.91 Å². The third kappa shape index (κ3) is 5.70. The van der Waals surface area contributed by atoms with Crippen LogP contribution in [0, 0.1) is 0 Å². The number of hydrogen-bond acceptors (Lipinski definition) is 5. The third-order valence-electron chi connectivity index (χ3n) is 6.00. The number of methoxy groups -OCH3 is 1. The normalized spacial score (nSPS) is 18.1. The fourth-order valence-corrected chi connectivity index (χ4v) is 4.04. The van der Waals surface area contributed by atoms with Crippen molar-refractivity contribution in [3.63, 3.8) is 0 Å². The Morgan fingerprint density at radius 1 is 1.03 bits per heavy atom. The maximum atomic E-state index is 12.4. The van der Waals surface area contributed by atoms with Gasteiger partial charge in [-0.3, -0.25) is 4.79 Å². The molecule has 0 bridgehead atoms. The highest BCUT2D eigenvalue weighted by Crippen LogP contribution is 2.39. The van der Waals surface area contributed by atoms with Crippen LogP contribution in [0.15, 0.2) is 72.8 Å². The Morgan fingerprint density at radius 2 is 1.71 bits per heavy atom. The molecule has 0 saturated carbocycles. The average molecular weight is 483 g/mol. The van der Waals surface area contributed by atoms with Gasteiger partial charge in [-0.1, -0.05) is 30.3 Å². The van der Waals surface area contributed by atoms with Crippen LogP contribution < -0.4 is 20.1 Å². The second-order valence-corrected chi connectivity index (χ2v) is 8.75. The molecule has 1 aliphatic heterocycles. The van der Waals surface area contributed by atoms with Crippen LogP contribution >= 0.6 is 12.4 Å². The largest absolute Gasteiger partial charge is 0.497 e. The molecule has 2 atom stereocenters. The zero-order chi connectivity index (χ0) is 23.4. The van der Waals surface area contributed by atoms with Crippen LogP contribution in [0.25, 0.3) is 0 Å². The number of carbonyl (C=O) groups excluding carboxylic acids is 1. The summed E-state index contributed by atoms with van der Waals surface area (Å²) in [5.41, 5.74) is 2.75. The van der Waals surface area contributed by atoms with E-state index in [1.165, 1.54) is 0 Å². The lowest BCUT2D eigenvalue weighted by Gasteiger charge is -2.42. The van der Waals surface area contributed by atoms with Crippen LogP contribution in [-0.4, -0.2) is 36.4 Å². The number of fused-ring (bicyclic) bond motifs is 1. The molecule has 4 rings (SSSR count). The van der Waals surface area contributed by atoms with Crippen LogP contribution in [0.1, 0.15) is 41.4 Å². The van der Waals surface area contributed by atoms with E-state index in [0.29, 0.717) is 17.9 Å². The molecule has 1 amide bonds. The highest BCUT2D eigenvalue weighted by Gasteiger charge is 2.42. The molecule has 34 heavy (non-hydrogen) atoms. The third-order valence-corrected chi connectivity index (χ3v) is 6.00. The summed E-state index contributed by atoms with van der Waals surface area (Å²) in [5.74, 6) is 1.36. The second kappa shape index (κ2) is 10.9. The second-order valence-electron chi connectivity index (χ2n) is 8.75. The summed E-state index contributed by atoms with van der Waals surface area (Å²) in [6.07, 6.45) is 0.127. The van der Waals surface area contributed by atoms with Gasteiger partial charge in [-0.15, -0.1) is 12.4 Å². The van der Waals surface area contributed by atoms with Crippen molar-refractivity contribution in [1.82, 2.24) is 5.32 Å². The number of benzene rings is 3. The van der Waals surface area contributed by atoms with Crippen molar-refractivity contribution in [2.45, 2.75) is 38.0 Å². The van der Waals surface area contributed by atoms with Crippen molar-refractivity contribution in [3.05, 3.63) is 89.5 Å². The number of amides is 1. The minimum Gasteiger partial charge on any atom is -0.497 e. The van der Waals surface area contributed by atoms with E-state index in [1.807, 2.05) is 62.4 Å². The Balaban J connectivity index is 0.00000324. The number of carbonyl (C=O) groups is 1. The molecule has 6 nitrogen and oxygen atoms in total. The number of anilines is 1. The van der Waals surface area contributed by atoms with Crippen molar-refractivity contribution in [2.24, 2.45) is 0 Å². The Morgan fingerprint density at radius 3 is 2.38 bits per heavy atom. The summed E-state index contributed by atoms with van der Waals surface area (Å²) < 4.78 is 11.1. The van der Waals surface area contributed by atoms with Gasteiger partial charge in [0.2, 0.25) is 0 Å². The van der Waals surface area contributed by atoms with Crippen LogP contribution in [0.4, 0.5) is 5.69 Å². The van der Waals surface area contributed by atoms with E-state index in [9.17, 15) is 9.90 Å². The van der Waals surface area contributed by atoms with E-state index < -0.39 is 11.7 Å². The topological polar surface area (TPSA) is 79.8 Å². The SMILES string of the molecule is COc1ccc(C(=O)Nc2ccc(CCNC3c4ccccc4OC(C)(C)C3O)cc2)cc1.Cl. The molecule has 0 aromatic heterocycles. The summed E-state index contributed by atoms with van der Waals surface area (Å²) in [5, 5.41) is 17.3. The zero-order valence-corrected chi connectivity index (χ0v) is 20.4. The maximum absolute atomic E-state index is 12.4. The van der Waals surface area contributed by atoms with E-state index in [1.54, 1.807) is 31.4 Å². The van der Waals surface area contributed by atoms with Crippen molar-refractivity contribution >= 4 is 24.0 Å². The molecule has 1 aliphatic rings. The molecule has 0 radical (unpaired) electrons. The Labute approximate surface area is 206 Å². The van der Waals surface area contributed by atoms with Gasteiger partial charge < -0.3 is 25.2 Å². The quantitative estimate of drug-likeness (QED) is 0.452. The minimum atomic E-state index is -0.671. The zero-order valence-electron chi connectivity index (χ0n) is 19.6. The number of rotatable bonds is 7.